The molecule has 1 aliphatic rings. The molecule has 7 nitrogen and oxygen atoms in total. The molecule has 0 unspecified atom stereocenters. The van der Waals surface area contributed by atoms with Crippen LogP contribution in [0.5, 0.6) is 0 Å². The molecule has 222 valence electrons. The average Bonchev–Trinajstić information content (AvgIpc) is 2.99. The number of urea groups is 1. The van der Waals surface area contributed by atoms with Gasteiger partial charge in [0.25, 0.3) is 0 Å². The Labute approximate surface area is 243 Å². The minimum Gasteiger partial charge on any atom is -0.356 e. The van der Waals surface area contributed by atoms with Crippen molar-refractivity contribution >= 4 is 22.2 Å². The van der Waals surface area contributed by atoms with E-state index in [2.05, 4.69) is 74.2 Å². The first-order valence-electron chi connectivity index (χ1n) is 14.5. The van der Waals surface area contributed by atoms with E-state index in [-0.39, 0.29) is 31.7 Å². The van der Waals surface area contributed by atoms with Crippen molar-refractivity contribution in [2.45, 2.75) is 88.5 Å². The summed E-state index contributed by atoms with van der Waals surface area (Å²) in [4.78, 5) is 13.2. The van der Waals surface area contributed by atoms with Gasteiger partial charge in [0, 0.05) is 29.4 Å². The highest BCUT2D eigenvalue weighted by Crippen LogP contribution is 2.23. The second kappa shape index (κ2) is 15.8. The number of carbonyl (C=O) groups excluding carboxylic acids is 1. The predicted molar refractivity (Wildman–Crippen MR) is 167 cm³/mol. The zero-order valence-electron chi connectivity index (χ0n) is 25.3. The maximum Gasteiger partial charge on any atom is 0.315 e. The number of benzene rings is 2. The van der Waals surface area contributed by atoms with Crippen molar-refractivity contribution in [3.8, 4) is 0 Å². The van der Waals surface area contributed by atoms with Crippen molar-refractivity contribution in [1.82, 2.24) is 10.6 Å². The molecule has 40 heavy (non-hydrogen) atoms. The molecule has 2 aromatic rings. The van der Waals surface area contributed by atoms with Gasteiger partial charge in [-0.3, -0.25) is 0 Å². The molecule has 2 N–H and O–H groups in total. The molecule has 1 heterocycles. The van der Waals surface area contributed by atoms with Gasteiger partial charge < -0.3 is 29.6 Å². The van der Waals surface area contributed by atoms with Crippen molar-refractivity contribution in [2.75, 3.05) is 26.8 Å². The maximum absolute atomic E-state index is 13.2. The highest BCUT2D eigenvalue weighted by atomic mass is 28.3. The lowest BCUT2D eigenvalue weighted by Gasteiger charge is -2.34. The van der Waals surface area contributed by atoms with Crippen molar-refractivity contribution < 1.29 is 23.7 Å². The summed E-state index contributed by atoms with van der Waals surface area (Å²) >= 11 is 0. The molecule has 2 amide bonds. The first-order valence-corrected chi connectivity index (χ1v) is 22.0. The minimum atomic E-state index is -1.22. The Balaban J connectivity index is 1.82. The molecule has 0 radical (unpaired) electrons. The van der Waals surface area contributed by atoms with Crippen molar-refractivity contribution in [1.29, 1.82) is 0 Å². The van der Waals surface area contributed by atoms with Gasteiger partial charge in [0.15, 0.2) is 0 Å². The molecule has 1 fully saturated rings. The first kappa shape index (κ1) is 32.5. The van der Waals surface area contributed by atoms with Gasteiger partial charge in [-0.05, 0) is 36.1 Å². The summed E-state index contributed by atoms with van der Waals surface area (Å²) in [5.41, 5.74) is 2.24. The molecule has 0 spiro atoms. The van der Waals surface area contributed by atoms with Crippen LogP contribution in [0.2, 0.25) is 51.4 Å². The molecule has 0 saturated carbocycles. The van der Waals surface area contributed by atoms with Crippen molar-refractivity contribution in [2.24, 2.45) is 0 Å². The van der Waals surface area contributed by atoms with Gasteiger partial charge >= 0.3 is 6.03 Å². The van der Waals surface area contributed by atoms with E-state index >= 15 is 0 Å². The van der Waals surface area contributed by atoms with E-state index in [0.717, 1.165) is 23.2 Å². The fraction of sp³-hybridized carbons (Fsp3) is 0.581. The van der Waals surface area contributed by atoms with Crippen LogP contribution in [0.4, 0.5) is 4.79 Å². The van der Waals surface area contributed by atoms with Crippen LogP contribution in [0, 0.1) is 0 Å². The van der Waals surface area contributed by atoms with Gasteiger partial charge in [0.1, 0.15) is 25.8 Å². The van der Waals surface area contributed by atoms with Crippen LogP contribution in [-0.4, -0.2) is 73.3 Å². The zero-order chi connectivity index (χ0) is 29.0. The molecule has 0 aliphatic carbocycles. The van der Waals surface area contributed by atoms with Gasteiger partial charge in [-0.2, -0.15) is 0 Å². The molecule has 4 atom stereocenters. The SMILES string of the molecule is C[Si](C)(C)CCOCO[C@@H]1[C@@H](OCOCC[Si](C)(C)C)[C@@H](Cc2ccccc2)NC(=O)N[C@@H]1Cc1ccccc1. The van der Waals surface area contributed by atoms with Gasteiger partial charge in [0.2, 0.25) is 0 Å². The largest absolute Gasteiger partial charge is 0.356 e. The Hall–Kier alpha value is -2.02. The second-order valence-corrected chi connectivity index (χ2v) is 24.4. The standard InChI is InChI=1S/C31H50N2O5Si2/c1-39(2,3)19-17-35-23-37-29-27(21-25-13-9-7-10-14-25)32-31(34)33-28(22-26-15-11-8-12-16-26)30(29)38-24-36-18-20-40(4,5)6/h7-16,27-30H,17-24H2,1-6H3,(H2,32,33,34)/t27-,28-,29+,30+/m1/s1. The normalized spacial score (nSPS) is 21.9. The third-order valence-corrected chi connectivity index (χ3v) is 10.4. The number of hydrogen-bond donors (Lipinski definition) is 2. The number of hydrogen-bond acceptors (Lipinski definition) is 5. The van der Waals surface area contributed by atoms with E-state index in [0.29, 0.717) is 26.1 Å². The van der Waals surface area contributed by atoms with E-state index < -0.39 is 28.4 Å². The van der Waals surface area contributed by atoms with Crippen LogP contribution >= 0.6 is 0 Å². The van der Waals surface area contributed by atoms with E-state index in [1.807, 2.05) is 36.4 Å². The molecular weight excluding hydrogens is 537 g/mol. The molecule has 1 aliphatic heterocycles. The summed E-state index contributed by atoms with van der Waals surface area (Å²) in [5, 5.41) is 6.34. The number of rotatable bonds is 16. The Kier molecular flexibility index (Phi) is 12.9. The highest BCUT2D eigenvalue weighted by Gasteiger charge is 2.41. The lowest BCUT2D eigenvalue weighted by Crippen LogP contribution is -2.52. The summed E-state index contributed by atoms with van der Waals surface area (Å²) in [6, 6.07) is 21.6. The van der Waals surface area contributed by atoms with Gasteiger partial charge in [0.05, 0.1) is 12.1 Å². The number of nitrogens with one attached hydrogen (secondary N) is 2. The van der Waals surface area contributed by atoms with Crippen LogP contribution in [0.25, 0.3) is 0 Å². The lowest BCUT2D eigenvalue weighted by molar-refractivity contribution is -0.177. The Morgan fingerprint density at radius 3 is 1.35 bits per heavy atom. The highest BCUT2D eigenvalue weighted by molar-refractivity contribution is 6.76. The minimum absolute atomic E-state index is 0.144. The van der Waals surface area contributed by atoms with Crippen molar-refractivity contribution in [3.05, 3.63) is 71.8 Å². The number of carbonyl (C=O) groups is 1. The second-order valence-electron chi connectivity index (χ2n) is 13.1. The summed E-state index contributed by atoms with van der Waals surface area (Å²) in [7, 11) is -2.44. The summed E-state index contributed by atoms with van der Waals surface area (Å²) in [6.07, 6.45) is 0.338. The van der Waals surface area contributed by atoms with Crippen LogP contribution in [0.1, 0.15) is 11.1 Å². The van der Waals surface area contributed by atoms with Crippen LogP contribution in [0.3, 0.4) is 0 Å². The molecular formula is C31H50N2O5Si2. The number of amides is 2. The third kappa shape index (κ3) is 12.2. The van der Waals surface area contributed by atoms with E-state index in [9.17, 15) is 4.79 Å². The van der Waals surface area contributed by atoms with Crippen LogP contribution < -0.4 is 10.6 Å². The van der Waals surface area contributed by atoms with Crippen LogP contribution in [-0.2, 0) is 31.8 Å². The van der Waals surface area contributed by atoms with E-state index in [1.54, 1.807) is 0 Å². The molecule has 2 aromatic carbocycles. The van der Waals surface area contributed by atoms with Crippen molar-refractivity contribution in [3.63, 3.8) is 0 Å². The Morgan fingerprint density at radius 2 is 1.00 bits per heavy atom. The first-order chi connectivity index (χ1) is 19.0. The maximum atomic E-state index is 13.2. The molecule has 1 saturated heterocycles. The smallest absolute Gasteiger partial charge is 0.315 e. The topological polar surface area (TPSA) is 78.1 Å². The lowest BCUT2D eigenvalue weighted by atomic mass is 9.92. The fourth-order valence-corrected chi connectivity index (χ4v) is 6.13. The quantitative estimate of drug-likeness (QED) is 0.145. The summed E-state index contributed by atoms with van der Waals surface area (Å²) in [5.74, 6) is 0. The molecule has 3 rings (SSSR count). The summed E-state index contributed by atoms with van der Waals surface area (Å²) < 4.78 is 24.9. The molecule has 0 aromatic heterocycles. The fourth-order valence-electron chi connectivity index (χ4n) is 4.62. The zero-order valence-corrected chi connectivity index (χ0v) is 27.3. The number of ether oxygens (including phenoxy) is 4. The molecule has 9 heteroatoms. The monoisotopic (exact) mass is 586 g/mol. The van der Waals surface area contributed by atoms with Gasteiger partial charge in [-0.1, -0.05) is 99.9 Å². The average molecular weight is 587 g/mol. The molecule has 0 bridgehead atoms. The third-order valence-electron chi connectivity index (χ3n) is 7.03. The Bertz CT molecular complexity index is 919. The summed E-state index contributed by atoms with van der Waals surface area (Å²) in [6.45, 7) is 15.6. The van der Waals surface area contributed by atoms with E-state index in [4.69, 9.17) is 18.9 Å². The van der Waals surface area contributed by atoms with E-state index in [1.165, 1.54) is 0 Å². The Morgan fingerprint density at radius 1 is 0.625 bits per heavy atom. The predicted octanol–water partition coefficient (Wildman–Crippen LogP) is 5.92. The van der Waals surface area contributed by atoms with Gasteiger partial charge in [-0.25, -0.2) is 4.79 Å². The van der Waals surface area contributed by atoms with Crippen LogP contribution in [0.15, 0.2) is 60.7 Å². The van der Waals surface area contributed by atoms with Gasteiger partial charge in [-0.15, -0.1) is 0 Å².